The van der Waals surface area contributed by atoms with Gasteiger partial charge in [-0.05, 0) is 12.0 Å². The van der Waals surface area contributed by atoms with E-state index in [1.807, 2.05) is 0 Å². The third kappa shape index (κ3) is 2.99. The molecule has 3 N–H and O–H groups in total. The van der Waals surface area contributed by atoms with Crippen molar-refractivity contribution in [2.45, 2.75) is 19.9 Å². The number of aromatic nitrogens is 2. The normalized spacial score (nSPS) is 12.9. The minimum atomic E-state index is 0.238. The Morgan fingerprint density at radius 3 is 2.46 bits per heavy atom. The van der Waals surface area contributed by atoms with Crippen molar-refractivity contribution >= 4 is 5.95 Å². The zero-order valence-electron chi connectivity index (χ0n) is 8.07. The molecule has 0 amide bonds. The molecule has 0 aliphatic carbocycles. The molecule has 1 rings (SSSR count). The predicted octanol–water partition coefficient (Wildman–Crippen LogP) is 0.872. The zero-order chi connectivity index (χ0) is 9.68. The van der Waals surface area contributed by atoms with Crippen LogP contribution < -0.4 is 11.1 Å². The smallest absolute Gasteiger partial charge is 0.222 e. The van der Waals surface area contributed by atoms with Crippen LogP contribution in [-0.4, -0.2) is 22.6 Å². The van der Waals surface area contributed by atoms with Crippen LogP contribution in [0.4, 0.5) is 5.95 Å². The third-order valence-corrected chi connectivity index (χ3v) is 1.94. The van der Waals surface area contributed by atoms with E-state index < -0.39 is 0 Å². The predicted molar refractivity (Wildman–Crippen MR) is 53.3 cm³/mol. The second-order valence-electron chi connectivity index (χ2n) is 3.30. The molecule has 1 aromatic rings. The molecule has 1 atom stereocenters. The van der Waals surface area contributed by atoms with Gasteiger partial charge in [0, 0.05) is 25.0 Å². The highest BCUT2D eigenvalue weighted by atomic mass is 15.1. The molecule has 4 nitrogen and oxygen atoms in total. The van der Waals surface area contributed by atoms with Gasteiger partial charge in [-0.25, -0.2) is 9.97 Å². The van der Waals surface area contributed by atoms with Crippen molar-refractivity contribution in [2.24, 2.45) is 11.7 Å². The van der Waals surface area contributed by atoms with Crippen molar-refractivity contribution in [1.29, 1.82) is 0 Å². The number of hydrogen-bond donors (Lipinski definition) is 2. The van der Waals surface area contributed by atoms with Crippen LogP contribution in [0.25, 0.3) is 0 Å². The number of nitrogens with zero attached hydrogens (tertiary/aromatic N) is 2. The van der Waals surface area contributed by atoms with E-state index in [1.54, 1.807) is 18.5 Å². The average molecular weight is 180 g/mol. The topological polar surface area (TPSA) is 63.8 Å². The Balaban J connectivity index is 2.57. The van der Waals surface area contributed by atoms with Gasteiger partial charge in [-0.15, -0.1) is 0 Å². The number of rotatable bonds is 4. The van der Waals surface area contributed by atoms with Gasteiger partial charge in [-0.2, -0.15) is 0 Å². The van der Waals surface area contributed by atoms with Crippen LogP contribution in [0.2, 0.25) is 0 Å². The van der Waals surface area contributed by atoms with E-state index in [2.05, 4.69) is 29.1 Å². The summed E-state index contributed by atoms with van der Waals surface area (Å²) in [6, 6.07) is 2.03. The van der Waals surface area contributed by atoms with Crippen molar-refractivity contribution in [3.05, 3.63) is 18.5 Å². The Kier molecular flexibility index (Phi) is 3.64. The van der Waals surface area contributed by atoms with Crippen LogP contribution in [-0.2, 0) is 0 Å². The molecule has 0 fully saturated rings. The lowest BCUT2D eigenvalue weighted by atomic mass is 10.1. The monoisotopic (exact) mass is 180 g/mol. The van der Waals surface area contributed by atoms with Crippen LogP contribution in [0.3, 0.4) is 0 Å². The number of nitrogens with two attached hydrogens (primary N) is 1. The summed E-state index contributed by atoms with van der Waals surface area (Å²) in [7, 11) is 0. The highest BCUT2D eigenvalue weighted by molar-refractivity contribution is 5.24. The van der Waals surface area contributed by atoms with Gasteiger partial charge in [-0.3, -0.25) is 0 Å². The molecule has 0 aromatic carbocycles. The molecule has 0 saturated carbocycles. The van der Waals surface area contributed by atoms with E-state index in [0.29, 0.717) is 18.4 Å². The maximum Gasteiger partial charge on any atom is 0.222 e. The van der Waals surface area contributed by atoms with Gasteiger partial charge in [0.2, 0.25) is 5.95 Å². The first kappa shape index (κ1) is 9.92. The summed E-state index contributed by atoms with van der Waals surface area (Å²) < 4.78 is 0. The van der Waals surface area contributed by atoms with Gasteiger partial charge >= 0.3 is 0 Å². The lowest BCUT2D eigenvalue weighted by Gasteiger charge is -2.19. The molecule has 1 aromatic heterocycles. The molecule has 0 saturated heterocycles. The summed E-state index contributed by atoms with van der Waals surface area (Å²) in [6.45, 7) is 4.83. The fourth-order valence-corrected chi connectivity index (χ4v) is 1.04. The van der Waals surface area contributed by atoms with E-state index in [-0.39, 0.29) is 6.04 Å². The molecule has 72 valence electrons. The fraction of sp³-hybridized carbons (Fsp3) is 0.556. The van der Waals surface area contributed by atoms with E-state index in [0.717, 1.165) is 0 Å². The van der Waals surface area contributed by atoms with Gasteiger partial charge in [0.15, 0.2) is 0 Å². The molecular weight excluding hydrogens is 164 g/mol. The quantitative estimate of drug-likeness (QED) is 0.721. The second-order valence-corrected chi connectivity index (χ2v) is 3.30. The SMILES string of the molecule is CC(C)C(CN)Nc1ncccn1. The molecular formula is C9H16N4. The summed E-state index contributed by atoms with van der Waals surface area (Å²) in [5.41, 5.74) is 5.60. The highest BCUT2D eigenvalue weighted by Gasteiger charge is 2.11. The summed E-state index contributed by atoms with van der Waals surface area (Å²) in [4.78, 5) is 8.14. The summed E-state index contributed by atoms with van der Waals surface area (Å²) in [5, 5.41) is 3.18. The molecule has 4 heteroatoms. The standard InChI is InChI=1S/C9H16N4/c1-7(2)8(6-10)13-9-11-4-3-5-12-9/h3-5,7-8H,6,10H2,1-2H3,(H,11,12,13). The van der Waals surface area contributed by atoms with Crippen molar-refractivity contribution in [2.75, 3.05) is 11.9 Å². The number of hydrogen-bond acceptors (Lipinski definition) is 4. The third-order valence-electron chi connectivity index (χ3n) is 1.94. The molecule has 1 heterocycles. The van der Waals surface area contributed by atoms with Crippen molar-refractivity contribution in [1.82, 2.24) is 9.97 Å². The lowest BCUT2D eigenvalue weighted by Crippen LogP contribution is -2.34. The first-order valence-corrected chi connectivity index (χ1v) is 4.47. The molecule has 0 aliphatic heterocycles. The lowest BCUT2D eigenvalue weighted by molar-refractivity contribution is 0.528. The summed E-state index contributed by atoms with van der Waals surface area (Å²) in [5.74, 6) is 1.13. The number of nitrogens with one attached hydrogen (secondary N) is 1. The minimum absolute atomic E-state index is 0.238. The Morgan fingerprint density at radius 1 is 1.38 bits per heavy atom. The zero-order valence-corrected chi connectivity index (χ0v) is 8.07. The molecule has 0 spiro atoms. The second kappa shape index (κ2) is 4.77. The summed E-state index contributed by atoms with van der Waals surface area (Å²) >= 11 is 0. The largest absolute Gasteiger partial charge is 0.350 e. The van der Waals surface area contributed by atoms with Crippen LogP contribution in [0, 0.1) is 5.92 Å². The van der Waals surface area contributed by atoms with Gasteiger partial charge in [0.1, 0.15) is 0 Å². The van der Waals surface area contributed by atoms with E-state index >= 15 is 0 Å². The highest BCUT2D eigenvalue weighted by Crippen LogP contribution is 2.05. The van der Waals surface area contributed by atoms with Crippen LogP contribution in [0.15, 0.2) is 18.5 Å². The Labute approximate surface area is 78.6 Å². The van der Waals surface area contributed by atoms with Gasteiger partial charge in [0.05, 0.1) is 0 Å². The van der Waals surface area contributed by atoms with Gasteiger partial charge in [-0.1, -0.05) is 13.8 Å². The maximum atomic E-state index is 5.60. The Bertz CT molecular complexity index is 235. The van der Waals surface area contributed by atoms with E-state index in [9.17, 15) is 0 Å². The van der Waals surface area contributed by atoms with Crippen LogP contribution in [0.1, 0.15) is 13.8 Å². The minimum Gasteiger partial charge on any atom is -0.350 e. The summed E-state index contributed by atoms with van der Waals surface area (Å²) in [6.07, 6.45) is 3.42. The van der Waals surface area contributed by atoms with Crippen molar-refractivity contribution < 1.29 is 0 Å². The molecule has 13 heavy (non-hydrogen) atoms. The van der Waals surface area contributed by atoms with Crippen molar-refractivity contribution in [3.8, 4) is 0 Å². The Morgan fingerprint density at radius 2 is 2.00 bits per heavy atom. The van der Waals surface area contributed by atoms with Gasteiger partial charge < -0.3 is 11.1 Å². The Hall–Kier alpha value is -1.16. The fourth-order valence-electron chi connectivity index (χ4n) is 1.04. The van der Waals surface area contributed by atoms with E-state index in [4.69, 9.17) is 5.73 Å². The molecule has 0 aliphatic rings. The molecule has 0 radical (unpaired) electrons. The first-order valence-electron chi connectivity index (χ1n) is 4.47. The maximum absolute atomic E-state index is 5.60. The number of anilines is 1. The van der Waals surface area contributed by atoms with E-state index in [1.165, 1.54) is 0 Å². The van der Waals surface area contributed by atoms with Crippen LogP contribution >= 0.6 is 0 Å². The molecule has 0 bridgehead atoms. The molecule has 1 unspecified atom stereocenters. The average Bonchev–Trinajstić information content (AvgIpc) is 2.15. The van der Waals surface area contributed by atoms with Crippen LogP contribution in [0.5, 0.6) is 0 Å². The van der Waals surface area contributed by atoms with Crippen molar-refractivity contribution in [3.63, 3.8) is 0 Å². The van der Waals surface area contributed by atoms with Gasteiger partial charge in [0.25, 0.3) is 0 Å². The first-order chi connectivity index (χ1) is 6.24.